The van der Waals surface area contributed by atoms with Crippen molar-refractivity contribution in [2.24, 2.45) is 0 Å². The number of hydrogen-bond acceptors (Lipinski definition) is 4. The van der Waals surface area contributed by atoms with Crippen LogP contribution in [-0.4, -0.2) is 31.6 Å². The first-order valence-electron chi connectivity index (χ1n) is 7.98. The lowest BCUT2D eigenvalue weighted by atomic mass is 10.1. The summed E-state index contributed by atoms with van der Waals surface area (Å²) in [4.78, 5) is 24.0. The Hall–Kier alpha value is -2.47. The van der Waals surface area contributed by atoms with E-state index in [-0.39, 0.29) is 0 Å². The van der Waals surface area contributed by atoms with Crippen LogP contribution in [0.25, 0.3) is 0 Å². The number of sulfone groups is 1. The van der Waals surface area contributed by atoms with Crippen LogP contribution in [0.4, 0.5) is 5.69 Å². The van der Waals surface area contributed by atoms with Gasteiger partial charge in [0.15, 0.2) is 15.6 Å². The molecule has 132 valence electrons. The number of carbonyl (C=O) groups excluding carboxylic acids is 2. The Bertz CT molecular complexity index is 853. The quantitative estimate of drug-likeness (QED) is 0.771. The number of aryl methyl sites for hydroxylation is 2. The molecule has 25 heavy (non-hydrogen) atoms. The molecule has 2 aromatic carbocycles. The number of rotatable bonds is 7. The number of amides is 1. The van der Waals surface area contributed by atoms with Gasteiger partial charge >= 0.3 is 0 Å². The second-order valence-corrected chi connectivity index (χ2v) is 7.98. The van der Waals surface area contributed by atoms with Gasteiger partial charge in [-0.25, -0.2) is 8.42 Å². The molecule has 5 nitrogen and oxygen atoms in total. The highest BCUT2D eigenvalue weighted by Crippen LogP contribution is 2.11. The summed E-state index contributed by atoms with van der Waals surface area (Å²) in [5.41, 5.74) is 2.95. The Morgan fingerprint density at radius 1 is 0.920 bits per heavy atom. The topological polar surface area (TPSA) is 80.3 Å². The number of ketones is 1. The number of nitrogens with one attached hydrogen (secondary N) is 1. The summed E-state index contributed by atoms with van der Waals surface area (Å²) in [6.45, 7) is 3.90. The van der Waals surface area contributed by atoms with E-state index in [1.807, 2.05) is 26.0 Å². The van der Waals surface area contributed by atoms with Gasteiger partial charge in [0.05, 0.1) is 0 Å². The summed E-state index contributed by atoms with van der Waals surface area (Å²) in [5.74, 6) is -2.57. The molecule has 0 aliphatic rings. The summed E-state index contributed by atoms with van der Waals surface area (Å²) >= 11 is 0. The molecular weight excluding hydrogens is 338 g/mol. The van der Waals surface area contributed by atoms with Crippen molar-refractivity contribution in [1.29, 1.82) is 0 Å². The molecular formula is C19H21NO4S. The molecule has 2 rings (SSSR count). The number of carbonyl (C=O) groups is 2. The molecule has 0 aliphatic heterocycles. The summed E-state index contributed by atoms with van der Waals surface area (Å²) in [7, 11) is -3.83. The zero-order valence-electron chi connectivity index (χ0n) is 14.3. The van der Waals surface area contributed by atoms with Crippen LogP contribution < -0.4 is 5.32 Å². The van der Waals surface area contributed by atoms with Crippen molar-refractivity contribution in [2.75, 3.05) is 16.8 Å². The molecule has 0 saturated heterocycles. The first-order chi connectivity index (χ1) is 11.8. The van der Waals surface area contributed by atoms with E-state index in [0.717, 1.165) is 17.5 Å². The molecule has 0 aliphatic carbocycles. The van der Waals surface area contributed by atoms with Crippen molar-refractivity contribution in [3.05, 3.63) is 65.2 Å². The monoisotopic (exact) mass is 359 g/mol. The van der Waals surface area contributed by atoms with Crippen LogP contribution in [0.2, 0.25) is 0 Å². The predicted molar refractivity (Wildman–Crippen MR) is 98.6 cm³/mol. The predicted octanol–water partition coefficient (Wildman–Crippen LogP) is 2.79. The molecule has 0 fully saturated rings. The lowest BCUT2D eigenvalue weighted by Gasteiger charge is -2.07. The van der Waals surface area contributed by atoms with Crippen LogP contribution in [0.15, 0.2) is 48.5 Å². The fourth-order valence-electron chi connectivity index (χ4n) is 2.29. The van der Waals surface area contributed by atoms with Crippen LogP contribution in [0.3, 0.4) is 0 Å². The average Bonchev–Trinajstić information content (AvgIpc) is 2.55. The third-order valence-electron chi connectivity index (χ3n) is 3.72. The van der Waals surface area contributed by atoms with Gasteiger partial charge in [0, 0.05) is 11.3 Å². The van der Waals surface area contributed by atoms with E-state index >= 15 is 0 Å². The molecule has 0 spiro atoms. The van der Waals surface area contributed by atoms with Gasteiger partial charge in [-0.2, -0.15) is 0 Å². The maximum Gasteiger partial charge on any atom is 0.239 e. The molecule has 2 aromatic rings. The van der Waals surface area contributed by atoms with Gasteiger partial charge in [0.2, 0.25) is 5.91 Å². The van der Waals surface area contributed by atoms with Gasteiger partial charge in [0.25, 0.3) is 0 Å². The lowest BCUT2D eigenvalue weighted by molar-refractivity contribution is -0.113. The maximum atomic E-state index is 12.1. The Labute approximate surface area is 148 Å². The Morgan fingerprint density at radius 2 is 1.52 bits per heavy atom. The van der Waals surface area contributed by atoms with Gasteiger partial charge in [-0.1, -0.05) is 48.9 Å². The second-order valence-electron chi connectivity index (χ2n) is 5.92. The molecule has 0 heterocycles. The fraction of sp³-hybridized carbons (Fsp3) is 0.263. The molecule has 0 aromatic heterocycles. The van der Waals surface area contributed by atoms with E-state index in [4.69, 9.17) is 0 Å². The van der Waals surface area contributed by atoms with Gasteiger partial charge in [0.1, 0.15) is 11.5 Å². The van der Waals surface area contributed by atoms with Crippen molar-refractivity contribution in [1.82, 2.24) is 0 Å². The van der Waals surface area contributed by atoms with Crippen molar-refractivity contribution in [3.63, 3.8) is 0 Å². The lowest BCUT2D eigenvalue weighted by Crippen LogP contribution is -2.27. The molecule has 0 radical (unpaired) electrons. The van der Waals surface area contributed by atoms with E-state index in [2.05, 4.69) is 5.32 Å². The van der Waals surface area contributed by atoms with Crippen LogP contribution in [0.1, 0.15) is 28.4 Å². The highest BCUT2D eigenvalue weighted by molar-refractivity contribution is 7.92. The van der Waals surface area contributed by atoms with Crippen molar-refractivity contribution in [2.45, 2.75) is 20.3 Å². The minimum Gasteiger partial charge on any atom is -0.325 e. The fourth-order valence-corrected chi connectivity index (χ4v) is 3.43. The van der Waals surface area contributed by atoms with E-state index < -0.39 is 33.0 Å². The first kappa shape index (κ1) is 18.9. The van der Waals surface area contributed by atoms with E-state index in [1.54, 1.807) is 36.4 Å². The Balaban J connectivity index is 1.96. The summed E-state index contributed by atoms with van der Waals surface area (Å²) in [6.07, 6.45) is 0.879. The van der Waals surface area contributed by atoms with Crippen molar-refractivity contribution in [3.8, 4) is 0 Å². The molecule has 6 heteroatoms. The van der Waals surface area contributed by atoms with Crippen molar-refractivity contribution < 1.29 is 18.0 Å². The molecule has 1 amide bonds. The highest BCUT2D eigenvalue weighted by atomic mass is 32.2. The van der Waals surface area contributed by atoms with Crippen LogP contribution in [-0.2, 0) is 21.1 Å². The van der Waals surface area contributed by atoms with Crippen molar-refractivity contribution >= 4 is 27.2 Å². The minimum absolute atomic E-state index is 0.324. The van der Waals surface area contributed by atoms with E-state index in [1.165, 1.54) is 0 Å². The van der Waals surface area contributed by atoms with Gasteiger partial charge < -0.3 is 5.32 Å². The number of Topliss-reactive ketones (excluding diaryl/α,β-unsaturated/α-hetero) is 1. The number of benzene rings is 2. The molecule has 0 saturated carbocycles. The second kappa shape index (κ2) is 8.07. The normalized spacial score (nSPS) is 11.1. The molecule has 0 bridgehead atoms. The zero-order chi connectivity index (χ0) is 18.4. The zero-order valence-corrected chi connectivity index (χ0v) is 15.1. The third kappa shape index (κ3) is 5.83. The molecule has 0 atom stereocenters. The SMILES string of the molecule is CCc1ccc(NC(=O)CS(=O)(=O)CC(=O)c2ccc(C)cc2)cc1. The average molecular weight is 359 g/mol. The van der Waals surface area contributed by atoms with Crippen LogP contribution in [0, 0.1) is 6.92 Å². The van der Waals surface area contributed by atoms with Gasteiger partial charge in [-0.05, 0) is 31.0 Å². The summed E-state index contributed by atoms with van der Waals surface area (Å²) in [5, 5.41) is 2.54. The number of hydrogen-bond donors (Lipinski definition) is 1. The number of anilines is 1. The summed E-state index contributed by atoms with van der Waals surface area (Å²) in [6, 6.07) is 13.8. The Morgan fingerprint density at radius 3 is 2.08 bits per heavy atom. The molecule has 0 unspecified atom stereocenters. The maximum absolute atomic E-state index is 12.1. The third-order valence-corrected chi connectivity index (χ3v) is 5.13. The minimum atomic E-state index is -3.83. The Kier molecular flexibility index (Phi) is 6.09. The van der Waals surface area contributed by atoms with Crippen LogP contribution >= 0.6 is 0 Å². The largest absolute Gasteiger partial charge is 0.325 e. The molecule has 1 N–H and O–H groups in total. The summed E-state index contributed by atoms with van der Waals surface area (Å²) < 4.78 is 24.2. The first-order valence-corrected chi connectivity index (χ1v) is 9.80. The van der Waals surface area contributed by atoms with Crippen LogP contribution in [0.5, 0.6) is 0 Å². The van der Waals surface area contributed by atoms with E-state index in [9.17, 15) is 18.0 Å². The smallest absolute Gasteiger partial charge is 0.239 e. The van der Waals surface area contributed by atoms with E-state index in [0.29, 0.717) is 11.3 Å². The standard InChI is InChI=1S/C19H21NO4S/c1-3-15-6-10-17(11-7-15)20-19(22)13-25(23,24)12-18(21)16-8-4-14(2)5-9-16/h4-11H,3,12-13H2,1-2H3,(H,20,22). The van der Waals surface area contributed by atoms with Gasteiger partial charge in [-0.15, -0.1) is 0 Å². The van der Waals surface area contributed by atoms with Gasteiger partial charge in [-0.3, -0.25) is 9.59 Å². The highest BCUT2D eigenvalue weighted by Gasteiger charge is 2.21.